The van der Waals surface area contributed by atoms with Crippen molar-refractivity contribution < 1.29 is 9.90 Å². The monoisotopic (exact) mass is 302 g/mol. The van der Waals surface area contributed by atoms with E-state index in [2.05, 4.69) is 16.6 Å². The third-order valence-electron chi connectivity index (χ3n) is 4.29. The van der Waals surface area contributed by atoms with Crippen molar-refractivity contribution in [3.63, 3.8) is 0 Å². The molecule has 1 aliphatic rings. The second-order valence-corrected chi connectivity index (χ2v) is 6.74. The molecule has 0 amide bonds. The summed E-state index contributed by atoms with van der Waals surface area (Å²) in [4.78, 5) is 15.7. The number of nitrogens with one attached hydrogen (secondary N) is 1. The molecular formula is C16H18N2O2S. The molecule has 110 valence electrons. The number of hydrogen-bond donors (Lipinski definition) is 2. The highest BCUT2D eigenvalue weighted by Gasteiger charge is 2.36. The van der Waals surface area contributed by atoms with Gasteiger partial charge in [0.2, 0.25) is 0 Å². The predicted octanol–water partition coefficient (Wildman–Crippen LogP) is 3.63. The highest BCUT2D eigenvalue weighted by Crippen LogP contribution is 2.43. The minimum Gasteiger partial charge on any atom is -0.478 e. The summed E-state index contributed by atoms with van der Waals surface area (Å²) >= 11 is 1.87. The third-order valence-corrected chi connectivity index (χ3v) is 5.71. The van der Waals surface area contributed by atoms with Crippen molar-refractivity contribution in [2.45, 2.75) is 24.0 Å². The summed E-state index contributed by atoms with van der Waals surface area (Å²) in [5, 5.41) is 13.7. The Morgan fingerprint density at radius 1 is 1.43 bits per heavy atom. The van der Waals surface area contributed by atoms with Crippen LogP contribution in [0.15, 0.2) is 30.5 Å². The van der Waals surface area contributed by atoms with Crippen LogP contribution in [-0.2, 0) is 0 Å². The molecule has 1 saturated carbocycles. The van der Waals surface area contributed by atoms with Gasteiger partial charge >= 0.3 is 5.97 Å². The lowest BCUT2D eigenvalue weighted by molar-refractivity contribution is 0.0697. The van der Waals surface area contributed by atoms with Crippen molar-refractivity contribution in [1.29, 1.82) is 0 Å². The van der Waals surface area contributed by atoms with Crippen LogP contribution in [0.4, 0.5) is 5.69 Å². The van der Waals surface area contributed by atoms with Crippen molar-refractivity contribution in [2.75, 3.05) is 18.1 Å². The van der Waals surface area contributed by atoms with E-state index in [1.165, 1.54) is 25.5 Å². The Labute approximate surface area is 128 Å². The number of aromatic carboxylic acids is 1. The SMILES string of the molecule is CSC1(CNc2c(C(=O)O)cnc3ccccc23)CCC1. The zero-order chi connectivity index (χ0) is 14.9. The average molecular weight is 302 g/mol. The number of nitrogens with zero attached hydrogens (tertiary/aromatic N) is 1. The zero-order valence-electron chi connectivity index (χ0n) is 11.9. The molecule has 0 saturated heterocycles. The van der Waals surface area contributed by atoms with Crippen LogP contribution in [0, 0.1) is 0 Å². The topological polar surface area (TPSA) is 62.2 Å². The van der Waals surface area contributed by atoms with Gasteiger partial charge in [-0.1, -0.05) is 24.6 Å². The van der Waals surface area contributed by atoms with Crippen molar-refractivity contribution >= 4 is 34.3 Å². The van der Waals surface area contributed by atoms with Gasteiger partial charge in [0.05, 0.1) is 11.2 Å². The zero-order valence-corrected chi connectivity index (χ0v) is 12.7. The number of anilines is 1. The highest BCUT2D eigenvalue weighted by molar-refractivity contribution is 8.00. The fourth-order valence-corrected chi connectivity index (χ4v) is 3.68. The number of carboxylic acid groups (broad SMARTS) is 1. The van der Waals surface area contributed by atoms with E-state index in [0.717, 1.165) is 17.4 Å². The largest absolute Gasteiger partial charge is 0.478 e. The van der Waals surface area contributed by atoms with E-state index >= 15 is 0 Å². The van der Waals surface area contributed by atoms with Gasteiger partial charge in [0.15, 0.2) is 0 Å². The van der Waals surface area contributed by atoms with Crippen LogP contribution in [0.3, 0.4) is 0 Å². The van der Waals surface area contributed by atoms with Crippen LogP contribution >= 0.6 is 11.8 Å². The number of carbonyl (C=O) groups is 1. The van der Waals surface area contributed by atoms with Crippen molar-refractivity contribution in [1.82, 2.24) is 4.98 Å². The molecule has 2 aromatic rings. The molecule has 1 heterocycles. The molecule has 3 rings (SSSR count). The molecule has 1 aliphatic carbocycles. The molecule has 4 nitrogen and oxygen atoms in total. The Morgan fingerprint density at radius 3 is 2.81 bits per heavy atom. The number of hydrogen-bond acceptors (Lipinski definition) is 4. The molecule has 1 aromatic heterocycles. The maximum atomic E-state index is 11.5. The second-order valence-electron chi connectivity index (χ2n) is 5.46. The minimum atomic E-state index is -0.942. The standard InChI is InChI=1S/C16H18N2O2S/c1-21-16(7-4-8-16)10-18-14-11-5-2-3-6-13(11)17-9-12(14)15(19)20/h2-3,5-6,9H,4,7-8,10H2,1H3,(H,17,18)(H,19,20). The van der Waals surface area contributed by atoms with E-state index in [4.69, 9.17) is 0 Å². The molecule has 0 aliphatic heterocycles. The number of benzene rings is 1. The van der Waals surface area contributed by atoms with Crippen LogP contribution in [0.2, 0.25) is 0 Å². The van der Waals surface area contributed by atoms with E-state index in [1.807, 2.05) is 36.0 Å². The fraction of sp³-hybridized carbons (Fsp3) is 0.375. The first kappa shape index (κ1) is 14.2. The number of pyridine rings is 1. The summed E-state index contributed by atoms with van der Waals surface area (Å²) in [6.07, 6.45) is 7.20. The maximum Gasteiger partial charge on any atom is 0.339 e. The molecule has 1 aromatic carbocycles. The van der Waals surface area contributed by atoms with Crippen LogP contribution in [0.1, 0.15) is 29.6 Å². The smallest absolute Gasteiger partial charge is 0.339 e. The van der Waals surface area contributed by atoms with Gasteiger partial charge in [-0.3, -0.25) is 4.98 Å². The van der Waals surface area contributed by atoms with Gasteiger partial charge in [-0.25, -0.2) is 4.79 Å². The molecule has 1 fully saturated rings. The number of para-hydroxylation sites is 1. The van der Waals surface area contributed by atoms with E-state index in [0.29, 0.717) is 5.69 Å². The Morgan fingerprint density at radius 2 is 2.19 bits per heavy atom. The molecular weight excluding hydrogens is 284 g/mol. The molecule has 2 N–H and O–H groups in total. The number of rotatable bonds is 5. The van der Waals surface area contributed by atoms with Crippen LogP contribution in [-0.4, -0.2) is 33.6 Å². The predicted molar refractivity (Wildman–Crippen MR) is 87.3 cm³/mol. The van der Waals surface area contributed by atoms with Crippen LogP contribution in [0.5, 0.6) is 0 Å². The van der Waals surface area contributed by atoms with E-state index in [-0.39, 0.29) is 10.3 Å². The lowest BCUT2D eigenvalue weighted by Crippen LogP contribution is -2.40. The van der Waals surface area contributed by atoms with Crippen molar-refractivity contribution in [2.24, 2.45) is 0 Å². The van der Waals surface area contributed by atoms with E-state index < -0.39 is 5.97 Å². The first-order valence-electron chi connectivity index (χ1n) is 7.05. The molecule has 0 unspecified atom stereocenters. The summed E-state index contributed by atoms with van der Waals surface area (Å²) in [5.41, 5.74) is 1.74. The molecule has 0 spiro atoms. The van der Waals surface area contributed by atoms with Gasteiger partial charge in [-0.15, -0.1) is 0 Å². The van der Waals surface area contributed by atoms with Gasteiger partial charge in [0.25, 0.3) is 0 Å². The van der Waals surface area contributed by atoms with Crippen molar-refractivity contribution in [3.05, 3.63) is 36.0 Å². The Hall–Kier alpha value is -1.75. The van der Waals surface area contributed by atoms with Crippen molar-refractivity contribution in [3.8, 4) is 0 Å². The van der Waals surface area contributed by atoms with E-state index in [1.54, 1.807) is 0 Å². The van der Waals surface area contributed by atoms with Gasteiger partial charge < -0.3 is 10.4 Å². The number of fused-ring (bicyclic) bond motifs is 1. The number of aromatic nitrogens is 1. The van der Waals surface area contributed by atoms with Gasteiger partial charge in [-0.2, -0.15) is 11.8 Å². The quantitative estimate of drug-likeness (QED) is 0.883. The van der Waals surface area contributed by atoms with Crippen LogP contribution < -0.4 is 5.32 Å². The lowest BCUT2D eigenvalue weighted by Gasteiger charge is -2.40. The van der Waals surface area contributed by atoms with E-state index in [9.17, 15) is 9.90 Å². The van der Waals surface area contributed by atoms with Crippen LogP contribution in [0.25, 0.3) is 10.9 Å². The summed E-state index contributed by atoms with van der Waals surface area (Å²) in [6, 6.07) is 7.65. The molecule has 0 radical (unpaired) electrons. The molecule has 0 bridgehead atoms. The summed E-state index contributed by atoms with van der Waals surface area (Å²) in [7, 11) is 0. The normalized spacial score (nSPS) is 16.4. The average Bonchev–Trinajstić information content (AvgIpc) is 2.46. The Bertz CT molecular complexity index is 678. The Balaban J connectivity index is 1.98. The maximum absolute atomic E-state index is 11.5. The lowest BCUT2D eigenvalue weighted by atomic mass is 9.84. The Kier molecular flexibility index (Phi) is 3.76. The summed E-state index contributed by atoms with van der Waals surface area (Å²) < 4.78 is 0.250. The first-order valence-corrected chi connectivity index (χ1v) is 8.28. The molecule has 21 heavy (non-hydrogen) atoms. The second kappa shape index (κ2) is 5.56. The summed E-state index contributed by atoms with van der Waals surface area (Å²) in [5.74, 6) is -0.942. The minimum absolute atomic E-state index is 0.240. The van der Waals surface area contributed by atoms with Gasteiger partial charge in [0.1, 0.15) is 5.56 Å². The third kappa shape index (κ3) is 2.58. The van der Waals surface area contributed by atoms with Gasteiger partial charge in [0, 0.05) is 22.9 Å². The molecule has 0 atom stereocenters. The highest BCUT2D eigenvalue weighted by atomic mass is 32.2. The first-order chi connectivity index (χ1) is 10.2. The fourth-order valence-electron chi connectivity index (χ4n) is 2.77. The van der Waals surface area contributed by atoms with Gasteiger partial charge in [-0.05, 0) is 25.2 Å². The number of thioether (sulfide) groups is 1. The molecule has 5 heteroatoms. The summed E-state index contributed by atoms with van der Waals surface area (Å²) in [6.45, 7) is 0.794. The number of carboxylic acids is 1.